The summed E-state index contributed by atoms with van der Waals surface area (Å²) in [5, 5.41) is 0. The molecule has 0 bridgehead atoms. The van der Waals surface area contributed by atoms with Gasteiger partial charge in [0.25, 0.3) is 0 Å². The van der Waals surface area contributed by atoms with Gasteiger partial charge in [-0.05, 0) is 24.7 Å². The molecule has 2 heterocycles. The second kappa shape index (κ2) is 6.74. The number of carbonyl (C=O) groups excluding carboxylic acids is 4. The van der Waals surface area contributed by atoms with Crippen LogP contribution in [0.5, 0.6) is 0 Å². The van der Waals surface area contributed by atoms with E-state index < -0.39 is 48.3 Å². The Hall–Kier alpha value is -1.96. The lowest BCUT2D eigenvalue weighted by Gasteiger charge is -2.36. The molecule has 7 atom stereocenters. The van der Waals surface area contributed by atoms with Crippen molar-refractivity contribution in [2.45, 2.75) is 52.6 Å². The topological polar surface area (TPSA) is 105 Å². The predicted molar refractivity (Wildman–Crippen MR) is 80.3 cm³/mol. The molecule has 2 aliphatic heterocycles. The van der Waals surface area contributed by atoms with Gasteiger partial charge in [-0.2, -0.15) is 0 Å². The molecule has 1 aliphatic carbocycles. The van der Waals surface area contributed by atoms with Crippen LogP contribution in [0.2, 0.25) is 0 Å². The summed E-state index contributed by atoms with van der Waals surface area (Å²) in [5.41, 5.74) is 0. The Bertz CT molecular complexity index is 599. The van der Waals surface area contributed by atoms with Crippen molar-refractivity contribution >= 4 is 23.9 Å². The van der Waals surface area contributed by atoms with Crippen molar-refractivity contribution in [2.75, 3.05) is 0 Å². The molecule has 0 aromatic carbocycles. The lowest BCUT2D eigenvalue weighted by molar-refractivity contribution is -0.214. The quantitative estimate of drug-likeness (QED) is 0.422. The van der Waals surface area contributed by atoms with Crippen LogP contribution < -0.4 is 0 Å². The lowest BCUT2D eigenvalue weighted by atomic mass is 9.65. The van der Waals surface area contributed by atoms with Crippen molar-refractivity contribution < 1.29 is 38.1 Å². The Balaban J connectivity index is 1.76. The monoisotopic (exact) mass is 354 g/mol. The number of ether oxygens (including phenoxy) is 4. The van der Waals surface area contributed by atoms with E-state index in [4.69, 9.17) is 18.9 Å². The maximum absolute atomic E-state index is 12.0. The Morgan fingerprint density at radius 1 is 1.00 bits per heavy atom. The van der Waals surface area contributed by atoms with Gasteiger partial charge in [0, 0.05) is 26.2 Å². The highest BCUT2D eigenvalue weighted by molar-refractivity contribution is 5.96. The van der Waals surface area contributed by atoms with Crippen molar-refractivity contribution in [3.05, 3.63) is 0 Å². The minimum atomic E-state index is -0.830. The van der Waals surface area contributed by atoms with E-state index >= 15 is 0 Å². The minimum absolute atomic E-state index is 0.000363. The molecular weight excluding hydrogens is 332 g/mol. The van der Waals surface area contributed by atoms with Crippen LogP contribution >= 0.6 is 0 Å². The average Bonchev–Trinajstić information content (AvgIpc) is 2.99. The largest absolute Gasteiger partial charge is 0.436 e. The van der Waals surface area contributed by atoms with Crippen LogP contribution in [0.4, 0.5) is 0 Å². The molecule has 0 spiro atoms. The van der Waals surface area contributed by atoms with Crippen LogP contribution in [0.15, 0.2) is 0 Å². The van der Waals surface area contributed by atoms with Crippen LogP contribution in [0, 0.1) is 29.6 Å². The third-order valence-electron chi connectivity index (χ3n) is 5.34. The van der Waals surface area contributed by atoms with Crippen LogP contribution in [-0.2, 0) is 38.1 Å². The summed E-state index contributed by atoms with van der Waals surface area (Å²) >= 11 is 0. The van der Waals surface area contributed by atoms with E-state index in [2.05, 4.69) is 0 Å². The summed E-state index contributed by atoms with van der Waals surface area (Å²) in [7, 11) is 0. The second-order valence-electron chi connectivity index (χ2n) is 7.13. The molecule has 3 rings (SSSR count). The van der Waals surface area contributed by atoms with Gasteiger partial charge in [0.15, 0.2) is 0 Å². The molecule has 2 saturated heterocycles. The Kier molecular flexibility index (Phi) is 4.81. The van der Waals surface area contributed by atoms with Gasteiger partial charge in [0.1, 0.15) is 0 Å². The molecular formula is C17H22O8. The Morgan fingerprint density at radius 2 is 1.68 bits per heavy atom. The summed E-state index contributed by atoms with van der Waals surface area (Å²) in [6.07, 6.45) is -0.0731. The van der Waals surface area contributed by atoms with Crippen molar-refractivity contribution in [2.24, 2.45) is 29.6 Å². The summed E-state index contributed by atoms with van der Waals surface area (Å²) < 4.78 is 20.7. The van der Waals surface area contributed by atoms with Gasteiger partial charge in [0.2, 0.25) is 12.6 Å². The van der Waals surface area contributed by atoms with Crippen molar-refractivity contribution in [3.8, 4) is 0 Å². The van der Waals surface area contributed by atoms with Gasteiger partial charge in [-0.15, -0.1) is 0 Å². The Morgan fingerprint density at radius 3 is 2.32 bits per heavy atom. The highest BCUT2D eigenvalue weighted by atomic mass is 16.8. The predicted octanol–water partition coefficient (Wildman–Crippen LogP) is 1.16. The molecule has 138 valence electrons. The standard InChI is InChI=1S/C17H22O8/c1-7-4-10(5-12-14(7)16(21)25-15(12)20)11-6-13(22-8(2)18)24-17(11)23-9(3)19/h7,10-14,17H,4-6H2,1-3H3. The highest BCUT2D eigenvalue weighted by Crippen LogP contribution is 2.48. The van der Waals surface area contributed by atoms with E-state index in [9.17, 15) is 19.2 Å². The fourth-order valence-corrected chi connectivity index (χ4v) is 4.42. The summed E-state index contributed by atoms with van der Waals surface area (Å²) in [6, 6.07) is 0. The summed E-state index contributed by atoms with van der Waals surface area (Å²) in [6.45, 7) is 4.49. The van der Waals surface area contributed by atoms with Crippen LogP contribution in [0.1, 0.15) is 40.0 Å². The van der Waals surface area contributed by atoms with Crippen LogP contribution in [0.25, 0.3) is 0 Å². The van der Waals surface area contributed by atoms with Gasteiger partial charge >= 0.3 is 23.9 Å². The zero-order chi connectivity index (χ0) is 18.3. The zero-order valence-corrected chi connectivity index (χ0v) is 14.4. The zero-order valence-electron chi connectivity index (χ0n) is 14.4. The molecule has 25 heavy (non-hydrogen) atoms. The molecule has 3 aliphatic rings. The van der Waals surface area contributed by atoms with Crippen LogP contribution in [-0.4, -0.2) is 36.5 Å². The summed E-state index contributed by atoms with van der Waals surface area (Å²) in [4.78, 5) is 46.4. The van der Waals surface area contributed by atoms with Gasteiger partial charge in [0.05, 0.1) is 11.8 Å². The Labute approximate surface area is 145 Å². The fraction of sp³-hybridized carbons (Fsp3) is 0.765. The highest BCUT2D eigenvalue weighted by Gasteiger charge is 2.54. The molecule has 8 heteroatoms. The lowest BCUT2D eigenvalue weighted by Crippen LogP contribution is -2.38. The maximum Gasteiger partial charge on any atom is 0.317 e. The fourth-order valence-electron chi connectivity index (χ4n) is 4.42. The minimum Gasteiger partial charge on any atom is -0.436 e. The van der Waals surface area contributed by atoms with E-state index in [1.54, 1.807) is 0 Å². The number of cyclic esters (lactones) is 2. The molecule has 1 saturated carbocycles. The second-order valence-corrected chi connectivity index (χ2v) is 7.13. The first-order valence-corrected chi connectivity index (χ1v) is 8.51. The normalized spacial score (nSPS) is 40.4. The SMILES string of the molecule is CC(=O)OC1CC(C2CC(C)C3C(=O)OC(=O)C3C2)C(OC(C)=O)O1. The number of rotatable bonds is 3. The third-order valence-corrected chi connectivity index (χ3v) is 5.34. The van der Waals surface area contributed by atoms with Crippen molar-refractivity contribution in [1.29, 1.82) is 0 Å². The first-order chi connectivity index (χ1) is 11.8. The number of esters is 4. The molecule has 8 nitrogen and oxygen atoms in total. The first-order valence-electron chi connectivity index (χ1n) is 8.51. The third kappa shape index (κ3) is 3.53. The average molecular weight is 354 g/mol. The summed E-state index contributed by atoms with van der Waals surface area (Å²) in [5.74, 6) is -2.99. The van der Waals surface area contributed by atoms with E-state index in [1.807, 2.05) is 6.92 Å². The number of carbonyl (C=O) groups is 4. The molecule has 0 amide bonds. The van der Waals surface area contributed by atoms with Crippen LogP contribution in [0.3, 0.4) is 0 Å². The number of hydrogen-bond acceptors (Lipinski definition) is 8. The maximum atomic E-state index is 12.0. The van der Waals surface area contributed by atoms with Gasteiger partial charge in [-0.3, -0.25) is 19.2 Å². The van der Waals surface area contributed by atoms with Gasteiger partial charge in [-0.25, -0.2) is 0 Å². The van der Waals surface area contributed by atoms with E-state index in [0.29, 0.717) is 19.3 Å². The molecule has 3 fully saturated rings. The smallest absolute Gasteiger partial charge is 0.317 e. The molecule has 0 aromatic rings. The molecule has 0 N–H and O–H groups in total. The molecule has 0 aromatic heterocycles. The van der Waals surface area contributed by atoms with E-state index in [0.717, 1.165) is 0 Å². The molecule has 7 unspecified atom stereocenters. The van der Waals surface area contributed by atoms with Crippen molar-refractivity contribution in [3.63, 3.8) is 0 Å². The first kappa shape index (κ1) is 17.8. The molecule has 0 radical (unpaired) electrons. The van der Waals surface area contributed by atoms with E-state index in [-0.39, 0.29) is 17.8 Å². The van der Waals surface area contributed by atoms with Gasteiger partial charge < -0.3 is 18.9 Å². The number of fused-ring (bicyclic) bond motifs is 1. The van der Waals surface area contributed by atoms with E-state index in [1.165, 1.54) is 13.8 Å². The van der Waals surface area contributed by atoms with Gasteiger partial charge in [-0.1, -0.05) is 6.92 Å². The van der Waals surface area contributed by atoms with Crippen molar-refractivity contribution in [1.82, 2.24) is 0 Å². The number of hydrogen-bond donors (Lipinski definition) is 0.